The summed E-state index contributed by atoms with van der Waals surface area (Å²) in [6.45, 7) is 0.731. The van der Waals surface area contributed by atoms with Crippen LogP contribution in [0.5, 0.6) is 5.75 Å². The molecule has 0 radical (unpaired) electrons. The summed E-state index contributed by atoms with van der Waals surface area (Å²) in [5, 5.41) is 12.9. The van der Waals surface area contributed by atoms with E-state index >= 15 is 0 Å². The van der Waals surface area contributed by atoms with Crippen LogP contribution >= 0.6 is 39.1 Å². The summed E-state index contributed by atoms with van der Waals surface area (Å²) in [4.78, 5) is 19.4. The highest BCUT2D eigenvalue weighted by Gasteiger charge is 2.54. The van der Waals surface area contributed by atoms with Crippen LogP contribution in [0.4, 0.5) is 4.39 Å². The maximum absolute atomic E-state index is 14.4. The van der Waals surface area contributed by atoms with Crippen molar-refractivity contribution in [3.63, 3.8) is 0 Å². The molecule has 228 valence electrons. The van der Waals surface area contributed by atoms with Crippen LogP contribution in [-0.4, -0.2) is 42.2 Å². The van der Waals surface area contributed by atoms with Gasteiger partial charge in [0.25, 0.3) is 5.91 Å². The van der Waals surface area contributed by atoms with Gasteiger partial charge in [0, 0.05) is 51.6 Å². The van der Waals surface area contributed by atoms with Crippen molar-refractivity contribution in [2.45, 2.75) is 30.9 Å². The van der Waals surface area contributed by atoms with Gasteiger partial charge in [-0.3, -0.25) is 4.79 Å². The van der Waals surface area contributed by atoms with Crippen LogP contribution in [-0.2, 0) is 22.4 Å². The van der Waals surface area contributed by atoms with E-state index < -0.39 is 11.6 Å². The highest BCUT2D eigenvalue weighted by Crippen LogP contribution is 2.45. The number of carbonyl (C=O) groups is 1. The lowest BCUT2D eigenvalue weighted by Gasteiger charge is -2.31. The Labute approximate surface area is 274 Å². The second kappa shape index (κ2) is 14.6. The van der Waals surface area contributed by atoms with Crippen LogP contribution < -0.4 is 10.1 Å². The Hall–Kier alpha value is -3.43. The van der Waals surface area contributed by atoms with E-state index in [9.17, 15) is 9.18 Å². The molecule has 1 heterocycles. The number of aliphatic hydroxyl groups is 1. The SMILES string of the molecule is O=C(NCCc1ccc(F)cc1)[C@]1(Cc2ccccc2Br)N=C(c2ccc(OCCCO)cc2)O[C@@H]1c1ccc(Cl)cc1Cl. The summed E-state index contributed by atoms with van der Waals surface area (Å²) < 4.78 is 26.5. The zero-order valence-electron chi connectivity index (χ0n) is 23.6. The molecule has 2 atom stereocenters. The molecule has 44 heavy (non-hydrogen) atoms. The molecule has 0 saturated carbocycles. The predicted octanol–water partition coefficient (Wildman–Crippen LogP) is 7.51. The summed E-state index contributed by atoms with van der Waals surface area (Å²) in [6.07, 6.45) is 0.334. The number of carbonyl (C=O) groups excluding carboxylic acids is 1. The summed E-state index contributed by atoms with van der Waals surface area (Å²) in [7, 11) is 0. The quantitative estimate of drug-likeness (QED) is 0.150. The van der Waals surface area contributed by atoms with Crippen molar-refractivity contribution >= 4 is 50.9 Å². The molecule has 4 aromatic rings. The van der Waals surface area contributed by atoms with E-state index in [1.165, 1.54) is 12.1 Å². The summed E-state index contributed by atoms with van der Waals surface area (Å²) in [5.74, 6) is 0.257. The molecule has 5 rings (SSSR count). The number of nitrogens with one attached hydrogen (secondary N) is 1. The second-order valence-corrected chi connectivity index (χ2v) is 12.1. The van der Waals surface area contributed by atoms with Crippen molar-refractivity contribution < 1.29 is 23.8 Å². The van der Waals surface area contributed by atoms with Gasteiger partial charge in [0.05, 0.1) is 6.61 Å². The molecule has 1 amide bonds. The van der Waals surface area contributed by atoms with Crippen molar-refractivity contribution in [3.05, 3.63) is 134 Å². The number of ether oxygens (including phenoxy) is 2. The first kappa shape index (κ1) is 32.0. The number of benzene rings is 4. The Morgan fingerprint density at radius 2 is 1.80 bits per heavy atom. The average Bonchev–Trinajstić information content (AvgIpc) is 3.40. The van der Waals surface area contributed by atoms with Gasteiger partial charge < -0.3 is 19.9 Å². The molecule has 0 spiro atoms. The Morgan fingerprint density at radius 3 is 2.50 bits per heavy atom. The fourth-order valence-electron chi connectivity index (χ4n) is 5.03. The summed E-state index contributed by atoms with van der Waals surface area (Å²) in [6, 6.07) is 26.1. The zero-order chi connectivity index (χ0) is 31.1. The molecular weight excluding hydrogens is 670 g/mol. The Bertz CT molecular complexity index is 1640. The van der Waals surface area contributed by atoms with Crippen molar-refractivity contribution in [2.75, 3.05) is 19.8 Å². The predicted molar refractivity (Wildman–Crippen MR) is 174 cm³/mol. The number of hydrogen-bond acceptors (Lipinski definition) is 5. The summed E-state index contributed by atoms with van der Waals surface area (Å²) >= 11 is 16.6. The van der Waals surface area contributed by atoms with Crippen molar-refractivity contribution in [1.82, 2.24) is 5.32 Å². The van der Waals surface area contributed by atoms with Gasteiger partial charge in [-0.05, 0) is 72.1 Å². The molecule has 4 aromatic carbocycles. The third-order valence-electron chi connectivity index (χ3n) is 7.31. The minimum Gasteiger partial charge on any atom is -0.494 e. The topological polar surface area (TPSA) is 80.2 Å². The molecule has 0 unspecified atom stereocenters. The lowest BCUT2D eigenvalue weighted by Crippen LogP contribution is -2.50. The van der Waals surface area contributed by atoms with Crippen LogP contribution in [0.25, 0.3) is 0 Å². The van der Waals surface area contributed by atoms with Crippen molar-refractivity contribution in [3.8, 4) is 5.75 Å². The molecule has 0 saturated heterocycles. The molecule has 6 nitrogen and oxygen atoms in total. The molecule has 1 aliphatic rings. The van der Waals surface area contributed by atoms with Gasteiger partial charge in [0.2, 0.25) is 5.90 Å². The second-order valence-electron chi connectivity index (χ2n) is 10.4. The van der Waals surface area contributed by atoms with Crippen LogP contribution in [0.3, 0.4) is 0 Å². The first-order chi connectivity index (χ1) is 21.3. The maximum Gasteiger partial charge on any atom is 0.252 e. The molecule has 1 aliphatic heterocycles. The van der Waals surface area contributed by atoms with E-state index in [0.717, 1.165) is 15.6 Å². The molecule has 0 bridgehead atoms. The molecule has 2 N–H and O–H groups in total. The van der Waals surface area contributed by atoms with Crippen LogP contribution in [0.15, 0.2) is 100 Å². The number of rotatable bonds is 12. The number of amides is 1. The highest BCUT2D eigenvalue weighted by atomic mass is 79.9. The normalized spacial score (nSPS) is 17.6. The van der Waals surface area contributed by atoms with E-state index in [-0.39, 0.29) is 30.6 Å². The Balaban J connectivity index is 1.54. The lowest BCUT2D eigenvalue weighted by atomic mass is 9.82. The van der Waals surface area contributed by atoms with Gasteiger partial charge in [0.1, 0.15) is 11.6 Å². The van der Waals surface area contributed by atoms with Gasteiger partial charge in [0.15, 0.2) is 11.6 Å². The first-order valence-corrected chi connectivity index (χ1v) is 15.7. The maximum atomic E-state index is 14.4. The molecule has 0 fully saturated rings. The summed E-state index contributed by atoms with van der Waals surface area (Å²) in [5.41, 5.74) is 1.52. The van der Waals surface area contributed by atoms with Crippen LogP contribution in [0.2, 0.25) is 10.0 Å². The Kier molecular flexibility index (Phi) is 10.6. The van der Waals surface area contributed by atoms with E-state index in [1.807, 2.05) is 36.4 Å². The minimum atomic E-state index is -1.45. The van der Waals surface area contributed by atoms with Gasteiger partial charge in [-0.1, -0.05) is 75.5 Å². The number of aliphatic imine (C=N–C) groups is 1. The minimum absolute atomic E-state index is 0.0446. The van der Waals surface area contributed by atoms with Crippen LogP contribution in [0.1, 0.15) is 34.8 Å². The smallest absolute Gasteiger partial charge is 0.252 e. The highest BCUT2D eigenvalue weighted by molar-refractivity contribution is 9.10. The van der Waals surface area contributed by atoms with E-state index in [2.05, 4.69) is 21.2 Å². The fraction of sp³-hybridized carbons (Fsp3) is 0.235. The van der Waals surface area contributed by atoms with Gasteiger partial charge in [-0.2, -0.15) is 0 Å². The van der Waals surface area contributed by atoms with E-state index in [1.54, 1.807) is 42.5 Å². The number of aliphatic hydroxyl groups excluding tert-OH is 1. The third kappa shape index (κ3) is 7.44. The van der Waals surface area contributed by atoms with E-state index in [4.69, 9.17) is 42.8 Å². The third-order valence-corrected chi connectivity index (χ3v) is 8.64. The fourth-order valence-corrected chi connectivity index (χ4v) is 5.96. The number of halogens is 4. The van der Waals surface area contributed by atoms with Gasteiger partial charge in [-0.15, -0.1) is 0 Å². The number of hydrogen-bond donors (Lipinski definition) is 2. The van der Waals surface area contributed by atoms with Crippen LogP contribution in [0, 0.1) is 5.82 Å². The van der Waals surface area contributed by atoms with E-state index in [0.29, 0.717) is 52.9 Å². The zero-order valence-corrected chi connectivity index (χ0v) is 26.7. The monoisotopic (exact) mass is 698 g/mol. The number of nitrogens with zero attached hydrogens (tertiary/aromatic N) is 1. The van der Waals surface area contributed by atoms with Gasteiger partial charge in [-0.25, -0.2) is 9.38 Å². The molecule has 0 aliphatic carbocycles. The average molecular weight is 700 g/mol. The van der Waals surface area contributed by atoms with Crippen molar-refractivity contribution in [2.24, 2.45) is 4.99 Å². The molecule has 10 heteroatoms. The lowest BCUT2D eigenvalue weighted by molar-refractivity contribution is -0.128. The first-order valence-electron chi connectivity index (χ1n) is 14.1. The molecular formula is C34H30BrCl2FN2O4. The largest absolute Gasteiger partial charge is 0.494 e. The van der Waals surface area contributed by atoms with Gasteiger partial charge >= 0.3 is 0 Å². The molecule has 0 aromatic heterocycles. The Morgan fingerprint density at radius 1 is 1.05 bits per heavy atom. The van der Waals surface area contributed by atoms with Crippen molar-refractivity contribution in [1.29, 1.82) is 0 Å². The standard InChI is InChI=1S/C34H30BrCl2FN2O4/c35-29-5-2-1-4-24(29)21-34(33(42)39-17-16-22-6-11-26(38)12-7-22)31(28-15-10-25(36)20-30(28)37)44-32(40-34)23-8-13-27(14-9-23)43-19-3-18-41/h1-2,4-15,20,31,41H,3,16-19,21H2,(H,39,42)/t31-,34-/m1/s1.